The summed E-state index contributed by atoms with van der Waals surface area (Å²) in [6.45, 7) is 0. The van der Waals surface area contributed by atoms with E-state index >= 15 is 0 Å². The summed E-state index contributed by atoms with van der Waals surface area (Å²) in [5.74, 6) is 15.9. The first-order chi connectivity index (χ1) is 33.8. The van der Waals surface area contributed by atoms with Gasteiger partial charge in [0.2, 0.25) is 19.7 Å². The third kappa shape index (κ3) is 11.9. The van der Waals surface area contributed by atoms with Gasteiger partial charge in [0.25, 0.3) is 0 Å². The molecule has 0 atom stereocenters. The normalized spacial score (nSPS) is 15.2. The molecule has 0 aromatic heterocycles. The minimum Gasteiger partial charge on any atom is -0.457 e. The summed E-state index contributed by atoms with van der Waals surface area (Å²) in [5, 5.41) is 21.5. The number of hydrogen-bond donors (Lipinski definition) is 2. The molecule has 0 aliphatic heterocycles. The zero-order valence-electron chi connectivity index (χ0n) is 38.2. The van der Waals surface area contributed by atoms with E-state index in [1.54, 1.807) is 97.1 Å². The predicted octanol–water partition coefficient (Wildman–Crippen LogP) is 12.6. The Morgan fingerprint density at radius 2 is 0.614 bits per heavy atom. The van der Waals surface area contributed by atoms with Gasteiger partial charge >= 0.3 is 0 Å². The first kappa shape index (κ1) is 47.7. The second-order valence-electron chi connectivity index (χ2n) is 17.5. The average Bonchev–Trinajstić information content (AvgIpc) is 3.37. The van der Waals surface area contributed by atoms with Crippen LogP contribution in [0.5, 0.6) is 46.0 Å². The molecule has 2 fully saturated rings. The maximum atomic E-state index is 13.6. The van der Waals surface area contributed by atoms with Crippen molar-refractivity contribution in [3.63, 3.8) is 0 Å². The number of aliphatic hydroxyl groups is 2. The minimum atomic E-state index is -3.86. The van der Waals surface area contributed by atoms with Crippen LogP contribution in [0, 0.1) is 23.7 Å². The van der Waals surface area contributed by atoms with Crippen molar-refractivity contribution < 1.29 is 46.0 Å². The Balaban J connectivity index is 0.778. The van der Waals surface area contributed by atoms with Gasteiger partial charge in [0.1, 0.15) is 57.2 Å². The minimum absolute atomic E-state index is 0.0867. The zero-order chi connectivity index (χ0) is 48.6. The Kier molecular flexibility index (Phi) is 14.1. The van der Waals surface area contributed by atoms with Gasteiger partial charge in [-0.15, -0.1) is 0 Å². The van der Waals surface area contributed by atoms with Crippen LogP contribution in [0.25, 0.3) is 0 Å². The molecule has 0 unspecified atom stereocenters. The van der Waals surface area contributed by atoms with E-state index in [1.165, 1.54) is 48.5 Å². The van der Waals surface area contributed by atoms with Gasteiger partial charge in [-0.2, -0.15) is 0 Å². The molecule has 354 valence electrons. The Morgan fingerprint density at radius 3 is 0.914 bits per heavy atom. The fourth-order valence-corrected chi connectivity index (χ4v) is 10.9. The van der Waals surface area contributed by atoms with Gasteiger partial charge in [-0.25, -0.2) is 16.8 Å². The average molecular weight is 971 g/mol. The fraction of sp³-hybridized carbons (Fsp3) is 0.207. The molecule has 0 radical (unpaired) electrons. The van der Waals surface area contributed by atoms with Gasteiger partial charge < -0.3 is 29.2 Å². The van der Waals surface area contributed by atoms with Crippen LogP contribution in [0.1, 0.15) is 75.3 Å². The molecule has 0 bridgehead atoms. The zero-order valence-corrected chi connectivity index (χ0v) is 39.8. The van der Waals surface area contributed by atoms with Crippen molar-refractivity contribution in [2.24, 2.45) is 0 Å². The topological polar surface area (TPSA) is 146 Å². The van der Waals surface area contributed by atoms with E-state index in [0.29, 0.717) is 82.8 Å². The van der Waals surface area contributed by atoms with Gasteiger partial charge in [-0.3, -0.25) is 0 Å². The Morgan fingerprint density at radius 1 is 0.343 bits per heavy atom. The Bertz CT molecular complexity index is 3090. The highest BCUT2D eigenvalue weighted by molar-refractivity contribution is 7.91. The van der Waals surface area contributed by atoms with Gasteiger partial charge in [-0.1, -0.05) is 54.7 Å². The van der Waals surface area contributed by atoms with E-state index in [2.05, 4.69) is 23.7 Å². The van der Waals surface area contributed by atoms with Crippen molar-refractivity contribution >= 4 is 19.7 Å². The van der Waals surface area contributed by atoms with Crippen molar-refractivity contribution in [1.29, 1.82) is 0 Å². The summed E-state index contributed by atoms with van der Waals surface area (Å²) in [4.78, 5) is 0.370. The molecule has 7 aromatic rings. The Hall–Kier alpha value is -7.32. The monoisotopic (exact) mass is 970 g/mol. The summed E-state index contributed by atoms with van der Waals surface area (Å²) < 4.78 is 78.4. The molecule has 70 heavy (non-hydrogen) atoms. The molecule has 2 saturated carbocycles. The molecule has 0 saturated heterocycles. The molecule has 0 amide bonds. The number of benzene rings is 7. The first-order valence-corrected chi connectivity index (χ1v) is 26.2. The van der Waals surface area contributed by atoms with Crippen LogP contribution in [0.15, 0.2) is 189 Å². The van der Waals surface area contributed by atoms with Gasteiger partial charge in [0.05, 0.1) is 19.6 Å². The largest absolute Gasteiger partial charge is 0.457 e. The van der Waals surface area contributed by atoms with E-state index in [-0.39, 0.29) is 19.6 Å². The molecule has 9 rings (SSSR count). The van der Waals surface area contributed by atoms with Gasteiger partial charge in [0.15, 0.2) is 0 Å². The summed E-state index contributed by atoms with van der Waals surface area (Å²) in [6.07, 6.45) is 8.79. The van der Waals surface area contributed by atoms with Gasteiger partial charge in [0, 0.05) is 17.2 Å². The van der Waals surface area contributed by atoms with Crippen LogP contribution in [-0.4, -0.2) is 38.3 Å². The first-order valence-electron chi connectivity index (χ1n) is 23.2. The number of sulfone groups is 2. The van der Waals surface area contributed by atoms with Gasteiger partial charge in [-0.05, 0) is 197 Å². The molecule has 2 aliphatic carbocycles. The van der Waals surface area contributed by atoms with Crippen molar-refractivity contribution in [2.45, 2.75) is 95.0 Å². The lowest BCUT2D eigenvalue weighted by molar-refractivity contribution is 0.0606. The molecular weight excluding hydrogens is 921 g/mol. The van der Waals surface area contributed by atoms with Crippen LogP contribution in [0.4, 0.5) is 0 Å². The smallest absolute Gasteiger partial charge is 0.206 e. The highest BCUT2D eigenvalue weighted by Gasteiger charge is 2.28. The second-order valence-corrected chi connectivity index (χ2v) is 21.4. The molecule has 10 nitrogen and oxygen atoms in total. The maximum Gasteiger partial charge on any atom is 0.206 e. The number of hydrogen-bond acceptors (Lipinski definition) is 10. The number of ether oxygens (including phenoxy) is 4. The second kappa shape index (κ2) is 20.7. The molecule has 0 spiro atoms. The maximum absolute atomic E-state index is 13.6. The van der Waals surface area contributed by atoms with Crippen molar-refractivity contribution in [1.82, 2.24) is 0 Å². The van der Waals surface area contributed by atoms with Crippen molar-refractivity contribution in [2.75, 3.05) is 0 Å². The summed E-state index contributed by atoms with van der Waals surface area (Å²) in [7, 11) is -7.73. The van der Waals surface area contributed by atoms with E-state index < -0.39 is 30.9 Å². The molecule has 12 heteroatoms. The lowest BCUT2D eigenvalue weighted by Crippen LogP contribution is -2.29. The van der Waals surface area contributed by atoms with Crippen LogP contribution in [-0.2, 0) is 19.7 Å². The summed E-state index contributed by atoms with van der Waals surface area (Å²) in [6, 6.07) is 45.9. The van der Waals surface area contributed by atoms with Crippen LogP contribution >= 0.6 is 0 Å². The van der Waals surface area contributed by atoms with Crippen LogP contribution < -0.4 is 18.9 Å². The molecule has 7 aromatic carbocycles. The van der Waals surface area contributed by atoms with E-state index in [4.69, 9.17) is 18.9 Å². The van der Waals surface area contributed by atoms with Crippen LogP contribution in [0.3, 0.4) is 0 Å². The molecular formula is C58H50O10S2. The van der Waals surface area contributed by atoms with Crippen molar-refractivity contribution in [3.05, 3.63) is 181 Å². The predicted molar refractivity (Wildman–Crippen MR) is 266 cm³/mol. The molecule has 2 N–H and O–H groups in total. The Labute approximate surface area is 409 Å². The standard InChI is InChI=1S/C58H50O10S2/c59-57(34-3-1-4-35-57)38-32-43-10-7-12-49(40-43)65-45-16-24-53(25-17-45)69(61,62)55-28-20-47(21-29-55)67-51-14-9-15-52(42-51)68-48-22-30-56(31-23-48)70(63,64)54-26-18-46(19-27-54)66-50-13-8-11-44(41-50)33-39-58(60)36-5-2-6-37-58/h7-31,40-42,59-60H,1-6,34-37H2. The molecule has 0 heterocycles. The SMILES string of the molecule is O=S(=O)(c1ccc(Oc2cccc(C#CC3(O)CCCCC3)c2)cc1)c1ccc(Oc2cccc(Oc3ccc(S(=O)(=O)c4ccc(Oc5cccc(C#CC6(O)CCCCC6)c5)cc4)cc3)c2)cc1. The third-order valence-electron chi connectivity index (χ3n) is 12.2. The highest BCUT2D eigenvalue weighted by Crippen LogP contribution is 2.34. The summed E-state index contributed by atoms with van der Waals surface area (Å²) >= 11 is 0. The third-order valence-corrected chi connectivity index (χ3v) is 15.8. The van der Waals surface area contributed by atoms with E-state index in [9.17, 15) is 27.0 Å². The van der Waals surface area contributed by atoms with E-state index in [1.807, 2.05) is 24.3 Å². The number of rotatable bonds is 12. The quantitative estimate of drug-likeness (QED) is 0.113. The molecule has 2 aliphatic rings. The fourth-order valence-electron chi connectivity index (χ4n) is 8.34. The van der Waals surface area contributed by atoms with Crippen molar-refractivity contribution in [3.8, 4) is 69.7 Å². The van der Waals surface area contributed by atoms with E-state index in [0.717, 1.165) is 38.5 Å². The lowest BCUT2D eigenvalue weighted by atomic mass is 9.85. The van der Waals surface area contributed by atoms with Crippen LogP contribution in [0.2, 0.25) is 0 Å². The highest BCUT2D eigenvalue weighted by atomic mass is 32.2. The lowest BCUT2D eigenvalue weighted by Gasteiger charge is -2.26. The summed E-state index contributed by atoms with van der Waals surface area (Å²) in [5.41, 5.74) is -0.477.